The predicted octanol–water partition coefficient (Wildman–Crippen LogP) is 0.955. The fourth-order valence-corrected chi connectivity index (χ4v) is 1.73. The first-order valence-corrected chi connectivity index (χ1v) is 6.38. The van der Waals surface area contributed by atoms with E-state index < -0.39 is 0 Å². The van der Waals surface area contributed by atoms with Crippen molar-refractivity contribution < 1.29 is 0 Å². The molecule has 8 heteroatoms. The predicted molar refractivity (Wildman–Crippen MR) is 77.7 cm³/mol. The van der Waals surface area contributed by atoms with Gasteiger partial charge in [-0.25, -0.2) is 4.68 Å². The Morgan fingerprint density at radius 2 is 2.14 bits per heavy atom. The molecule has 3 rings (SSSR count). The van der Waals surface area contributed by atoms with Crippen LogP contribution in [-0.4, -0.2) is 29.7 Å². The van der Waals surface area contributed by atoms with Gasteiger partial charge in [0.2, 0.25) is 11.9 Å². The maximum absolute atomic E-state index is 5.70. The average molecular weight is 282 g/mol. The van der Waals surface area contributed by atoms with Crippen LogP contribution in [-0.2, 0) is 6.54 Å². The van der Waals surface area contributed by atoms with Crippen molar-refractivity contribution in [1.82, 2.24) is 29.7 Å². The summed E-state index contributed by atoms with van der Waals surface area (Å²) in [5, 5.41) is 7.17. The number of nitrogens with zero attached hydrogens (tertiary/aromatic N) is 6. The van der Waals surface area contributed by atoms with E-state index in [9.17, 15) is 0 Å². The molecule has 0 saturated heterocycles. The van der Waals surface area contributed by atoms with Crippen molar-refractivity contribution >= 4 is 11.9 Å². The molecule has 8 nitrogen and oxygen atoms in total. The summed E-state index contributed by atoms with van der Waals surface area (Å²) in [6.07, 6.45) is 5.19. The SMILES string of the molecule is Cc1ccc(CNc2nc(N)nc(-n3cccn3)n2)cn1. The first kappa shape index (κ1) is 13.0. The molecule has 3 heterocycles. The molecule has 0 aliphatic rings. The van der Waals surface area contributed by atoms with Gasteiger partial charge in [0.15, 0.2) is 0 Å². The molecular weight excluding hydrogens is 268 g/mol. The minimum Gasteiger partial charge on any atom is -0.368 e. The van der Waals surface area contributed by atoms with Gasteiger partial charge in [-0.1, -0.05) is 6.07 Å². The Bertz CT molecular complexity index is 720. The Morgan fingerprint density at radius 3 is 2.86 bits per heavy atom. The summed E-state index contributed by atoms with van der Waals surface area (Å²) in [7, 11) is 0. The molecule has 0 atom stereocenters. The van der Waals surface area contributed by atoms with Crippen LogP contribution >= 0.6 is 0 Å². The number of pyridine rings is 1. The lowest BCUT2D eigenvalue weighted by Gasteiger charge is -2.07. The van der Waals surface area contributed by atoms with Crippen LogP contribution in [0.1, 0.15) is 11.3 Å². The van der Waals surface area contributed by atoms with E-state index in [0.29, 0.717) is 18.4 Å². The summed E-state index contributed by atoms with van der Waals surface area (Å²) in [5.74, 6) is 0.908. The normalized spacial score (nSPS) is 10.5. The molecule has 0 aromatic carbocycles. The van der Waals surface area contributed by atoms with Crippen LogP contribution in [0.4, 0.5) is 11.9 Å². The number of aryl methyl sites for hydroxylation is 1. The van der Waals surface area contributed by atoms with Crippen molar-refractivity contribution in [2.45, 2.75) is 13.5 Å². The van der Waals surface area contributed by atoms with Gasteiger partial charge in [0.05, 0.1) is 0 Å². The lowest BCUT2D eigenvalue weighted by atomic mass is 10.2. The number of rotatable bonds is 4. The highest BCUT2D eigenvalue weighted by Crippen LogP contribution is 2.08. The third-order valence-corrected chi connectivity index (χ3v) is 2.77. The second kappa shape index (κ2) is 5.53. The van der Waals surface area contributed by atoms with E-state index in [1.807, 2.05) is 19.1 Å². The maximum Gasteiger partial charge on any atom is 0.257 e. The first-order valence-electron chi connectivity index (χ1n) is 6.38. The molecule has 106 valence electrons. The van der Waals surface area contributed by atoms with Crippen LogP contribution < -0.4 is 11.1 Å². The molecule has 0 aliphatic carbocycles. The molecule has 0 radical (unpaired) electrons. The highest BCUT2D eigenvalue weighted by Gasteiger charge is 2.06. The second-order valence-electron chi connectivity index (χ2n) is 4.43. The maximum atomic E-state index is 5.70. The highest BCUT2D eigenvalue weighted by atomic mass is 15.4. The number of aromatic nitrogens is 6. The van der Waals surface area contributed by atoms with Crippen LogP contribution in [0.5, 0.6) is 0 Å². The van der Waals surface area contributed by atoms with Crippen LogP contribution in [0.2, 0.25) is 0 Å². The fraction of sp³-hybridized carbons (Fsp3) is 0.154. The molecular formula is C13H14N8. The molecule has 0 fully saturated rings. The zero-order valence-corrected chi connectivity index (χ0v) is 11.4. The zero-order chi connectivity index (χ0) is 14.7. The smallest absolute Gasteiger partial charge is 0.257 e. The fourth-order valence-electron chi connectivity index (χ4n) is 1.73. The third-order valence-electron chi connectivity index (χ3n) is 2.77. The van der Waals surface area contributed by atoms with Gasteiger partial charge in [0.25, 0.3) is 5.95 Å². The van der Waals surface area contributed by atoms with E-state index in [1.165, 1.54) is 4.68 Å². The van der Waals surface area contributed by atoms with Gasteiger partial charge in [-0.05, 0) is 24.6 Å². The van der Waals surface area contributed by atoms with E-state index in [-0.39, 0.29) is 5.95 Å². The third kappa shape index (κ3) is 3.11. The van der Waals surface area contributed by atoms with Crippen molar-refractivity contribution in [3.05, 3.63) is 48.0 Å². The standard InChI is InChI=1S/C13H14N8/c1-9-3-4-10(7-15-9)8-16-12-18-11(14)19-13(20-12)21-6-2-5-17-21/h2-7H,8H2,1H3,(H3,14,16,18,19,20). The van der Waals surface area contributed by atoms with Crippen molar-refractivity contribution in [2.24, 2.45) is 0 Å². The molecule has 3 N–H and O–H groups in total. The number of nitrogens with two attached hydrogens (primary N) is 1. The van der Waals surface area contributed by atoms with Gasteiger partial charge in [-0.2, -0.15) is 20.1 Å². The Balaban J connectivity index is 1.78. The summed E-state index contributed by atoms with van der Waals surface area (Å²) in [4.78, 5) is 16.6. The largest absolute Gasteiger partial charge is 0.368 e. The van der Waals surface area contributed by atoms with Crippen LogP contribution in [0.3, 0.4) is 0 Å². The second-order valence-corrected chi connectivity index (χ2v) is 4.43. The first-order chi connectivity index (χ1) is 10.2. The summed E-state index contributed by atoms with van der Waals surface area (Å²) >= 11 is 0. The highest BCUT2D eigenvalue weighted by molar-refractivity contribution is 5.35. The molecule has 0 saturated carbocycles. The lowest BCUT2D eigenvalue weighted by molar-refractivity contribution is 0.798. The van der Waals surface area contributed by atoms with Gasteiger partial charge >= 0.3 is 0 Å². The number of nitrogen functional groups attached to an aromatic ring is 1. The number of anilines is 2. The van der Waals surface area contributed by atoms with Crippen LogP contribution in [0.15, 0.2) is 36.8 Å². The summed E-state index contributed by atoms with van der Waals surface area (Å²) < 4.78 is 1.52. The summed E-state index contributed by atoms with van der Waals surface area (Å²) in [6, 6.07) is 5.73. The molecule has 0 unspecified atom stereocenters. The van der Waals surface area contributed by atoms with E-state index >= 15 is 0 Å². The molecule has 0 amide bonds. The topological polar surface area (TPSA) is 107 Å². The van der Waals surface area contributed by atoms with Crippen LogP contribution in [0, 0.1) is 6.92 Å². The van der Waals surface area contributed by atoms with E-state index in [0.717, 1.165) is 11.3 Å². The van der Waals surface area contributed by atoms with Gasteiger partial charge < -0.3 is 11.1 Å². The van der Waals surface area contributed by atoms with Crippen LogP contribution in [0.25, 0.3) is 5.95 Å². The molecule has 3 aromatic heterocycles. The lowest BCUT2D eigenvalue weighted by Crippen LogP contribution is -2.11. The average Bonchev–Trinajstić information content (AvgIpc) is 3.00. The zero-order valence-electron chi connectivity index (χ0n) is 11.4. The summed E-state index contributed by atoms with van der Waals surface area (Å²) in [6.45, 7) is 2.50. The molecule has 0 spiro atoms. The van der Waals surface area contributed by atoms with Gasteiger partial charge in [0.1, 0.15) is 0 Å². The van der Waals surface area contributed by atoms with Crippen molar-refractivity contribution in [1.29, 1.82) is 0 Å². The quantitative estimate of drug-likeness (QED) is 0.733. The van der Waals surface area contributed by atoms with Gasteiger partial charge in [-0.3, -0.25) is 4.98 Å². The van der Waals surface area contributed by atoms with E-state index in [1.54, 1.807) is 24.7 Å². The number of hydrogen-bond acceptors (Lipinski definition) is 7. The number of hydrogen-bond donors (Lipinski definition) is 2. The molecule has 3 aromatic rings. The van der Waals surface area contributed by atoms with Crippen molar-refractivity contribution in [2.75, 3.05) is 11.1 Å². The number of nitrogens with one attached hydrogen (secondary N) is 1. The van der Waals surface area contributed by atoms with E-state index in [2.05, 4.69) is 30.4 Å². The Kier molecular flexibility index (Phi) is 3.42. The molecule has 21 heavy (non-hydrogen) atoms. The minimum atomic E-state index is 0.139. The van der Waals surface area contributed by atoms with Gasteiger partial charge in [0, 0.05) is 30.8 Å². The minimum absolute atomic E-state index is 0.139. The molecule has 0 bridgehead atoms. The van der Waals surface area contributed by atoms with E-state index in [4.69, 9.17) is 5.73 Å². The monoisotopic (exact) mass is 282 g/mol. The molecule has 0 aliphatic heterocycles. The summed E-state index contributed by atoms with van der Waals surface area (Å²) in [5.41, 5.74) is 7.70. The van der Waals surface area contributed by atoms with Crippen molar-refractivity contribution in [3.63, 3.8) is 0 Å². The Labute approximate surface area is 121 Å². The van der Waals surface area contributed by atoms with Gasteiger partial charge in [-0.15, -0.1) is 0 Å². The Morgan fingerprint density at radius 1 is 1.24 bits per heavy atom. The Hall–Kier alpha value is -3.03. The van der Waals surface area contributed by atoms with Crippen molar-refractivity contribution in [3.8, 4) is 5.95 Å².